The second kappa shape index (κ2) is 13.5. The summed E-state index contributed by atoms with van der Waals surface area (Å²) in [5, 5.41) is 18.9. The number of nitrogens with zero attached hydrogens (tertiary/aromatic N) is 7. The molecule has 0 radical (unpaired) electrons. The van der Waals surface area contributed by atoms with Gasteiger partial charge >= 0.3 is 0 Å². The quantitative estimate of drug-likeness (QED) is 0.116. The minimum Gasteiger partial charge on any atom is -0.361 e. The van der Waals surface area contributed by atoms with Crippen LogP contribution in [-0.4, -0.2) is 58.1 Å². The Bertz CT molecular complexity index is 2420. The fraction of sp³-hybridized carbons (Fsp3) is 0.286. The number of aromatic nitrogens is 6. The molecule has 6 aromatic rings. The number of fused-ring (bicyclic) bond motifs is 2. The monoisotopic (exact) mass is 709 g/mol. The molecule has 0 spiro atoms. The highest BCUT2D eigenvalue weighted by Crippen LogP contribution is 2.37. The minimum absolute atomic E-state index is 0.202. The van der Waals surface area contributed by atoms with Crippen LogP contribution in [0.15, 0.2) is 78.1 Å². The zero-order valence-electron chi connectivity index (χ0n) is 28.8. The fourth-order valence-electron chi connectivity index (χ4n) is 5.82. The van der Waals surface area contributed by atoms with Gasteiger partial charge in [0, 0.05) is 32.6 Å². The van der Waals surface area contributed by atoms with Gasteiger partial charge in [-0.2, -0.15) is 10.4 Å². The van der Waals surface area contributed by atoms with Crippen molar-refractivity contribution in [1.82, 2.24) is 28.7 Å². The normalized spacial score (nSPS) is 12.7. The van der Waals surface area contributed by atoms with Crippen LogP contribution in [-0.2, 0) is 21.5 Å². The number of rotatable bonds is 12. The summed E-state index contributed by atoms with van der Waals surface area (Å²) >= 11 is 0. The smallest absolute Gasteiger partial charge is 0.282 e. The molecule has 15 heteroatoms. The molecule has 0 aliphatic heterocycles. The Morgan fingerprint density at radius 3 is 2.54 bits per heavy atom. The van der Waals surface area contributed by atoms with E-state index in [1.54, 1.807) is 27.4 Å². The van der Waals surface area contributed by atoms with Crippen LogP contribution in [0.2, 0.25) is 25.7 Å². The molecule has 0 aliphatic carbocycles. The zero-order chi connectivity index (χ0) is 35.8. The first-order valence-electron chi connectivity index (χ1n) is 16.1. The molecule has 0 bridgehead atoms. The van der Waals surface area contributed by atoms with Crippen LogP contribution in [0.1, 0.15) is 29.9 Å². The van der Waals surface area contributed by atoms with Gasteiger partial charge in [-0.3, -0.25) is 14.1 Å². The molecule has 258 valence electrons. The van der Waals surface area contributed by atoms with Gasteiger partial charge in [-0.15, -0.1) is 0 Å². The molecule has 0 amide bonds. The van der Waals surface area contributed by atoms with Gasteiger partial charge in [-0.05, 0) is 67.4 Å². The van der Waals surface area contributed by atoms with E-state index in [4.69, 9.17) is 9.84 Å². The number of nitriles is 1. The van der Waals surface area contributed by atoms with E-state index >= 15 is 0 Å². The Morgan fingerprint density at radius 2 is 1.84 bits per heavy atom. The number of hydrogen-bond acceptors (Lipinski definition) is 9. The van der Waals surface area contributed by atoms with E-state index in [-0.39, 0.29) is 23.5 Å². The highest BCUT2D eigenvalue weighted by atomic mass is 32.2. The molecule has 0 saturated carbocycles. The molecular formula is C35H39N9O4SSi. The van der Waals surface area contributed by atoms with Crippen molar-refractivity contribution in [3.05, 3.63) is 101 Å². The van der Waals surface area contributed by atoms with E-state index < -0.39 is 24.1 Å². The number of hydrogen-bond donors (Lipinski definition) is 2. The molecule has 13 nitrogen and oxygen atoms in total. The third-order valence-electron chi connectivity index (χ3n) is 8.22. The van der Waals surface area contributed by atoms with Gasteiger partial charge in [0.2, 0.25) is 10.0 Å². The first-order valence-corrected chi connectivity index (χ1v) is 21.7. The summed E-state index contributed by atoms with van der Waals surface area (Å²) in [4.78, 5) is 23.3. The average Bonchev–Trinajstić information content (AvgIpc) is 3.63. The molecule has 0 fully saturated rings. The molecular weight excluding hydrogens is 671 g/mol. The Labute approximate surface area is 291 Å². The van der Waals surface area contributed by atoms with Crippen LogP contribution in [0.3, 0.4) is 0 Å². The maximum atomic E-state index is 14.0. The molecule has 6 rings (SSSR count). The van der Waals surface area contributed by atoms with E-state index in [1.165, 1.54) is 12.4 Å². The van der Waals surface area contributed by atoms with Crippen LogP contribution in [0.4, 0.5) is 11.5 Å². The van der Waals surface area contributed by atoms with Crippen LogP contribution in [0.25, 0.3) is 33.4 Å². The molecule has 0 aliphatic rings. The van der Waals surface area contributed by atoms with Gasteiger partial charge in [-0.25, -0.2) is 22.9 Å². The Balaban J connectivity index is 1.50. The number of sulfonamides is 1. The first kappa shape index (κ1) is 34.6. The molecule has 2 N–H and O–H groups in total. The third-order valence-corrected chi connectivity index (χ3v) is 10.5. The van der Waals surface area contributed by atoms with E-state index in [2.05, 4.69) is 45.7 Å². The standard InChI is InChI=1S/C35H39N9O4SSi/c1-23-12-13-43-31(23)35(45)44(28-10-8-7-9-11-28)33(40-43)24(2)39-32-30-29(26-16-25(19-36)17-27(18-26)41-49(3,46)47)20-42(34(30)38-21-37-32)22-48-14-15-50(4,5)6/h7-13,16-18,20-21,24,41H,14-15,22H2,1-6H3,(H,37,38,39)/t24-/m0/s1. The SMILES string of the molecule is Cc1ccn2nc([C@H](C)Nc3ncnc4c3c(-c3cc(C#N)cc(NS(C)(=O)=O)c3)cn4COCC[Si](C)(C)C)n(-c3ccccc3)c(=O)c12. The van der Waals surface area contributed by atoms with E-state index in [0.29, 0.717) is 51.6 Å². The molecule has 2 aromatic carbocycles. The van der Waals surface area contributed by atoms with E-state index in [0.717, 1.165) is 17.9 Å². The molecule has 4 heterocycles. The largest absolute Gasteiger partial charge is 0.361 e. The van der Waals surface area contributed by atoms with Gasteiger partial charge in [0.15, 0.2) is 5.82 Å². The average molecular weight is 710 g/mol. The summed E-state index contributed by atoms with van der Waals surface area (Å²) in [5.74, 6) is 0.911. The zero-order valence-corrected chi connectivity index (χ0v) is 30.6. The topological polar surface area (TPSA) is 161 Å². The molecule has 1 atom stereocenters. The number of anilines is 2. The van der Waals surface area contributed by atoms with Crippen molar-refractivity contribution in [2.45, 2.75) is 52.3 Å². The Morgan fingerprint density at radius 1 is 1.08 bits per heavy atom. The van der Waals surface area contributed by atoms with Crippen molar-refractivity contribution in [2.24, 2.45) is 0 Å². The Hall–Kier alpha value is -5.30. The predicted octanol–water partition coefficient (Wildman–Crippen LogP) is 5.93. The van der Waals surface area contributed by atoms with Crippen molar-refractivity contribution in [1.29, 1.82) is 5.26 Å². The second-order valence-electron chi connectivity index (χ2n) is 13.6. The van der Waals surface area contributed by atoms with Crippen LogP contribution in [0, 0.1) is 18.3 Å². The molecule has 0 saturated heterocycles. The van der Waals surface area contributed by atoms with E-state index in [1.807, 2.05) is 61.0 Å². The maximum Gasteiger partial charge on any atom is 0.282 e. The lowest BCUT2D eigenvalue weighted by Gasteiger charge is -2.20. The summed E-state index contributed by atoms with van der Waals surface area (Å²) < 4.78 is 38.0. The van der Waals surface area contributed by atoms with Gasteiger partial charge in [0.05, 0.1) is 40.7 Å². The van der Waals surface area contributed by atoms with Crippen molar-refractivity contribution < 1.29 is 13.2 Å². The molecule has 4 aromatic heterocycles. The number of ether oxygens (including phenoxy) is 1. The van der Waals surface area contributed by atoms with Gasteiger partial charge in [-0.1, -0.05) is 37.8 Å². The van der Waals surface area contributed by atoms with Crippen molar-refractivity contribution >= 4 is 46.2 Å². The summed E-state index contributed by atoms with van der Waals surface area (Å²) in [5.41, 5.74) is 4.10. The molecule has 0 unspecified atom stereocenters. The van der Waals surface area contributed by atoms with Crippen molar-refractivity contribution in [3.63, 3.8) is 0 Å². The van der Waals surface area contributed by atoms with Gasteiger partial charge < -0.3 is 14.6 Å². The number of nitrogens with one attached hydrogen (secondary N) is 2. The lowest BCUT2D eigenvalue weighted by atomic mass is 10.0. The third kappa shape index (κ3) is 7.32. The highest BCUT2D eigenvalue weighted by Gasteiger charge is 2.24. The van der Waals surface area contributed by atoms with Crippen LogP contribution in [0.5, 0.6) is 0 Å². The molecule has 50 heavy (non-hydrogen) atoms. The van der Waals surface area contributed by atoms with Crippen LogP contribution < -0.4 is 15.6 Å². The summed E-state index contributed by atoms with van der Waals surface area (Å²) in [6, 6.07) is 18.6. The maximum absolute atomic E-state index is 14.0. The van der Waals surface area contributed by atoms with E-state index in [9.17, 15) is 18.5 Å². The minimum atomic E-state index is -3.62. The Kier molecular flexibility index (Phi) is 9.36. The first-order chi connectivity index (χ1) is 23.7. The van der Waals surface area contributed by atoms with Gasteiger partial charge in [0.1, 0.15) is 30.0 Å². The summed E-state index contributed by atoms with van der Waals surface area (Å²) in [7, 11) is -4.95. The lowest BCUT2D eigenvalue weighted by molar-refractivity contribution is 0.0899. The predicted molar refractivity (Wildman–Crippen MR) is 198 cm³/mol. The lowest BCUT2D eigenvalue weighted by Crippen LogP contribution is -2.29. The number of aryl methyl sites for hydroxylation is 1. The number of benzene rings is 2. The second-order valence-corrected chi connectivity index (χ2v) is 20.9. The summed E-state index contributed by atoms with van der Waals surface area (Å²) in [6.45, 7) is 11.5. The fourth-order valence-corrected chi connectivity index (χ4v) is 7.12. The van der Waals surface area contributed by atoms with Crippen molar-refractivity contribution in [3.8, 4) is 22.9 Å². The van der Waals surface area contributed by atoms with Crippen LogP contribution >= 0.6 is 0 Å². The highest BCUT2D eigenvalue weighted by molar-refractivity contribution is 7.92. The summed E-state index contributed by atoms with van der Waals surface area (Å²) in [6.07, 6.45) is 6.16. The van der Waals surface area contributed by atoms with Crippen molar-refractivity contribution in [2.75, 3.05) is 22.9 Å². The van der Waals surface area contributed by atoms with Gasteiger partial charge in [0.25, 0.3) is 5.56 Å². The number of para-hydroxylation sites is 1.